The third-order valence-corrected chi connectivity index (χ3v) is 5.63. The van der Waals surface area contributed by atoms with E-state index in [4.69, 9.17) is 25.8 Å². The van der Waals surface area contributed by atoms with Crippen LogP contribution in [0.1, 0.15) is 40.9 Å². The molecule has 1 atom stereocenters. The van der Waals surface area contributed by atoms with E-state index in [0.717, 1.165) is 11.1 Å². The van der Waals surface area contributed by atoms with E-state index in [1.165, 1.54) is 37.6 Å². The minimum Gasteiger partial charge on any atom is -0.508 e. The summed E-state index contributed by atoms with van der Waals surface area (Å²) in [7, 11) is 1.25. The standard InChI is InChI=1S/C29H28ClNO7/c1-17(2)27(33)38-26-21(16-31-24(29(35)36-4)13-19-8-10-23(32)11-9-19)14-22(30)15-25(26)37-28(34)20-7-5-6-18(3)12-20/h5-12,14-17,24,32H,13H2,1-4H3. The molecule has 0 bridgehead atoms. The Morgan fingerprint density at radius 3 is 2.34 bits per heavy atom. The molecule has 8 nitrogen and oxygen atoms in total. The fourth-order valence-corrected chi connectivity index (χ4v) is 3.59. The van der Waals surface area contributed by atoms with E-state index in [-0.39, 0.29) is 34.3 Å². The number of phenols is 1. The third kappa shape index (κ3) is 7.66. The molecule has 198 valence electrons. The molecular weight excluding hydrogens is 510 g/mol. The van der Waals surface area contributed by atoms with Crippen molar-refractivity contribution in [2.75, 3.05) is 7.11 Å². The molecule has 0 radical (unpaired) electrons. The number of halogens is 1. The zero-order valence-corrected chi connectivity index (χ0v) is 22.2. The summed E-state index contributed by atoms with van der Waals surface area (Å²) in [5, 5.41) is 9.72. The van der Waals surface area contributed by atoms with E-state index in [1.807, 2.05) is 13.0 Å². The average Bonchev–Trinajstić information content (AvgIpc) is 2.88. The highest BCUT2D eigenvalue weighted by Gasteiger charge is 2.23. The molecule has 3 rings (SSSR count). The summed E-state index contributed by atoms with van der Waals surface area (Å²) in [6, 6.07) is 15.1. The highest BCUT2D eigenvalue weighted by Crippen LogP contribution is 2.35. The number of esters is 3. The maximum absolute atomic E-state index is 12.9. The summed E-state index contributed by atoms with van der Waals surface area (Å²) >= 11 is 6.32. The number of carbonyl (C=O) groups excluding carboxylic acids is 3. The van der Waals surface area contributed by atoms with Gasteiger partial charge in [-0.25, -0.2) is 9.59 Å². The van der Waals surface area contributed by atoms with Gasteiger partial charge in [-0.1, -0.05) is 55.3 Å². The Labute approximate surface area is 225 Å². The number of nitrogens with zero attached hydrogens (tertiary/aromatic N) is 1. The predicted molar refractivity (Wildman–Crippen MR) is 143 cm³/mol. The van der Waals surface area contributed by atoms with Gasteiger partial charge in [0.2, 0.25) is 0 Å². The van der Waals surface area contributed by atoms with Gasteiger partial charge in [0, 0.05) is 29.3 Å². The smallest absolute Gasteiger partial charge is 0.343 e. The molecule has 3 aromatic carbocycles. The van der Waals surface area contributed by atoms with E-state index in [0.29, 0.717) is 5.56 Å². The minimum absolute atomic E-state index is 0.0638. The molecule has 0 amide bonds. The maximum Gasteiger partial charge on any atom is 0.343 e. The molecule has 1 N–H and O–H groups in total. The molecule has 3 aromatic rings. The first-order valence-electron chi connectivity index (χ1n) is 11.8. The number of aryl methyl sites for hydroxylation is 1. The Morgan fingerprint density at radius 1 is 1.00 bits per heavy atom. The Balaban J connectivity index is 2.01. The van der Waals surface area contributed by atoms with Gasteiger partial charge in [-0.3, -0.25) is 9.79 Å². The van der Waals surface area contributed by atoms with E-state index in [9.17, 15) is 19.5 Å². The van der Waals surface area contributed by atoms with Gasteiger partial charge in [-0.05, 0) is 42.8 Å². The van der Waals surface area contributed by atoms with Crippen LogP contribution in [-0.2, 0) is 20.7 Å². The number of phenolic OH excluding ortho intramolecular Hbond substituents is 1. The van der Waals surface area contributed by atoms with Gasteiger partial charge in [-0.15, -0.1) is 0 Å². The Hall–Kier alpha value is -4.17. The van der Waals surface area contributed by atoms with Crippen molar-refractivity contribution in [1.82, 2.24) is 0 Å². The quantitative estimate of drug-likeness (QED) is 0.223. The number of hydrogen-bond acceptors (Lipinski definition) is 8. The second-order valence-electron chi connectivity index (χ2n) is 8.84. The largest absolute Gasteiger partial charge is 0.508 e. The lowest BCUT2D eigenvalue weighted by atomic mass is 10.1. The first-order chi connectivity index (χ1) is 18.1. The first kappa shape index (κ1) is 28.4. The van der Waals surface area contributed by atoms with Crippen LogP contribution in [0.3, 0.4) is 0 Å². The van der Waals surface area contributed by atoms with Crippen molar-refractivity contribution in [1.29, 1.82) is 0 Å². The van der Waals surface area contributed by atoms with Crippen LogP contribution in [0.25, 0.3) is 0 Å². The molecule has 38 heavy (non-hydrogen) atoms. The Bertz CT molecular complexity index is 1350. The zero-order chi connectivity index (χ0) is 27.8. The molecule has 0 aliphatic carbocycles. The highest BCUT2D eigenvalue weighted by molar-refractivity contribution is 6.31. The van der Waals surface area contributed by atoms with Crippen LogP contribution in [-0.4, -0.2) is 42.4 Å². The molecule has 0 saturated carbocycles. The number of aromatic hydroxyl groups is 1. The van der Waals surface area contributed by atoms with Gasteiger partial charge >= 0.3 is 17.9 Å². The predicted octanol–water partition coefficient (Wildman–Crippen LogP) is 5.34. The number of methoxy groups -OCH3 is 1. The Kier molecular flexibility index (Phi) is 9.62. The molecule has 0 heterocycles. The fourth-order valence-electron chi connectivity index (χ4n) is 3.38. The number of rotatable bonds is 9. The minimum atomic E-state index is -0.949. The van der Waals surface area contributed by atoms with Crippen molar-refractivity contribution >= 4 is 35.7 Å². The number of benzene rings is 3. The SMILES string of the molecule is COC(=O)C(Cc1ccc(O)cc1)N=Cc1cc(Cl)cc(OC(=O)c2cccc(C)c2)c1OC(=O)C(C)C. The highest BCUT2D eigenvalue weighted by atomic mass is 35.5. The molecule has 0 saturated heterocycles. The molecular formula is C29H28ClNO7. The second-order valence-corrected chi connectivity index (χ2v) is 9.28. The van der Waals surface area contributed by atoms with Crippen LogP contribution in [0.15, 0.2) is 65.7 Å². The molecule has 0 aromatic heterocycles. The van der Waals surface area contributed by atoms with Gasteiger partial charge in [0.15, 0.2) is 17.5 Å². The summed E-state index contributed by atoms with van der Waals surface area (Å²) in [6.07, 6.45) is 1.50. The molecule has 9 heteroatoms. The molecule has 0 aliphatic heterocycles. The van der Waals surface area contributed by atoms with Gasteiger partial charge in [0.25, 0.3) is 0 Å². The normalized spacial score (nSPS) is 11.8. The van der Waals surface area contributed by atoms with Crippen LogP contribution in [0.4, 0.5) is 0 Å². The fraction of sp³-hybridized carbons (Fsp3) is 0.241. The second kappa shape index (κ2) is 12.9. The monoisotopic (exact) mass is 537 g/mol. The van der Waals surface area contributed by atoms with Crippen LogP contribution < -0.4 is 9.47 Å². The lowest BCUT2D eigenvalue weighted by molar-refractivity contribution is -0.142. The van der Waals surface area contributed by atoms with Gasteiger partial charge in [0.05, 0.1) is 18.6 Å². The number of aliphatic imine (C=N–C) groups is 1. The molecule has 0 aliphatic rings. The number of hydrogen-bond donors (Lipinski definition) is 1. The van der Waals surface area contributed by atoms with E-state index >= 15 is 0 Å². The Morgan fingerprint density at radius 2 is 1.71 bits per heavy atom. The number of carbonyl (C=O) groups is 3. The third-order valence-electron chi connectivity index (χ3n) is 5.41. The van der Waals surface area contributed by atoms with Crippen LogP contribution in [0.2, 0.25) is 5.02 Å². The van der Waals surface area contributed by atoms with Crippen molar-refractivity contribution in [2.45, 2.75) is 33.2 Å². The topological polar surface area (TPSA) is 111 Å². The van der Waals surface area contributed by atoms with Crippen molar-refractivity contribution in [3.8, 4) is 17.2 Å². The van der Waals surface area contributed by atoms with Gasteiger partial charge in [0.1, 0.15) is 5.75 Å². The van der Waals surface area contributed by atoms with Crippen LogP contribution in [0.5, 0.6) is 17.2 Å². The first-order valence-corrected chi connectivity index (χ1v) is 12.2. The lowest BCUT2D eigenvalue weighted by Gasteiger charge is -2.16. The van der Waals surface area contributed by atoms with E-state index in [1.54, 1.807) is 44.2 Å². The van der Waals surface area contributed by atoms with Crippen LogP contribution >= 0.6 is 11.6 Å². The van der Waals surface area contributed by atoms with Gasteiger partial charge < -0.3 is 19.3 Å². The number of ether oxygens (including phenoxy) is 3. The van der Waals surface area contributed by atoms with Crippen molar-refractivity contribution < 1.29 is 33.7 Å². The molecule has 1 unspecified atom stereocenters. The summed E-state index contributed by atoms with van der Waals surface area (Å²) < 4.78 is 16.1. The lowest BCUT2D eigenvalue weighted by Crippen LogP contribution is -2.23. The molecule has 0 fully saturated rings. The maximum atomic E-state index is 12.9. The summed E-state index contributed by atoms with van der Waals surface area (Å²) in [5.74, 6) is -2.35. The van der Waals surface area contributed by atoms with Crippen molar-refractivity contribution in [3.05, 3.63) is 87.9 Å². The van der Waals surface area contributed by atoms with E-state index in [2.05, 4.69) is 4.99 Å². The van der Waals surface area contributed by atoms with Crippen molar-refractivity contribution in [2.24, 2.45) is 10.9 Å². The zero-order valence-electron chi connectivity index (χ0n) is 21.4. The summed E-state index contributed by atoms with van der Waals surface area (Å²) in [4.78, 5) is 42.2. The summed E-state index contributed by atoms with van der Waals surface area (Å²) in [6.45, 7) is 5.17. The van der Waals surface area contributed by atoms with Gasteiger partial charge in [-0.2, -0.15) is 0 Å². The van der Waals surface area contributed by atoms with Crippen molar-refractivity contribution in [3.63, 3.8) is 0 Å². The van der Waals surface area contributed by atoms with E-state index < -0.39 is 29.9 Å². The average molecular weight is 538 g/mol. The molecule has 0 spiro atoms. The van der Waals surface area contributed by atoms with Crippen LogP contribution in [0, 0.1) is 12.8 Å². The summed E-state index contributed by atoms with van der Waals surface area (Å²) in [5.41, 5.74) is 2.13.